The highest BCUT2D eigenvalue weighted by Gasteiger charge is 2.13. The van der Waals surface area contributed by atoms with E-state index >= 15 is 0 Å². The number of nitrogens with one attached hydrogen (secondary N) is 2. The molecule has 6 heteroatoms. The molecule has 0 saturated carbocycles. The first-order chi connectivity index (χ1) is 11.7. The fourth-order valence-corrected chi connectivity index (χ4v) is 3.39. The summed E-state index contributed by atoms with van der Waals surface area (Å²) in [6, 6.07) is 11.2. The van der Waals surface area contributed by atoms with Crippen molar-refractivity contribution in [1.29, 1.82) is 0 Å². The molecule has 2 amide bonds. The molecule has 1 heterocycles. The molecule has 1 aromatic heterocycles. The average molecular weight is 348 g/mol. The third-order valence-corrected chi connectivity index (χ3v) is 4.67. The lowest BCUT2D eigenvalue weighted by atomic mass is 10.00. The minimum absolute atomic E-state index is 0.149. The van der Waals surface area contributed by atoms with Crippen molar-refractivity contribution in [3.05, 3.63) is 46.7 Å². The summed E-state index contributed by atoms with van der Waals surface area (Å²) < 4.78 is 5.49. The van der Waals surface area contributed by atoms with Gasteiger partial charge in [-0.1, -0.05) is 18.2 Å². The summed E-state index contributed by atoms with van der Waals surface area (Å²) in [5.41, 5.74) is 0.655. The Labute approximate surface area is 146 Å². The van der Waals surface area contributed by atoms with E-state index < -0.39 is 0 Å². The molecule has 1 atom stereocenters. The summed E-state index contributed by atoms with van der Waals surface area (Å²) in [4.78, 5) is 13.3. The van der Waals surface area contributed by atoms with Gasteiger partial charge in [-0.15, -0.1) is 11.3 Å². The van der Waals surface area contributed by atoms with Gasteiger partial charge >= 0.3 is 6.03 Å². The second-order valence-electron chi connectivity index (χ2n) is 5.32. The van der Waals surface area contributed by atoms with Crippen LogP contribution in [-0.2, 0) is 0 Å². The molecule has 5 nitrogen and oxygen atoms in total. The number of carbonyl (C=O) groups excluding carboxylic acids is 1. The second kappa shape index (κ2) is 9.95. The molecule has 0 aliphatic heterocycles. The van der Waals surface area contributed by atoms with Crippen LogP contribution in [0.5, 0.6) is 5.75 Å². The van der Waals surface area contributed by atoms with Gasteiger partial charge < -0.3 is 20.5 Å². The molecular weight excluding hydrogens is 324 g/mol. The molecule has 0 saturated heterocycles. The summed E-state index contributed by atoms with van der Waals surface area (Å²) in [5, 5.41) is 16.9. The number of hydrogen-bond acceptors (Lipinski definition) is 4. The maximum atomic E-state index is 12.1. The third kappa shape index (κ3) is 5.54. The summed E-state index contributed by atoms with van der Waals surface area (Å²) >= 11 is 1.68. The van der Waals surface area contributed by atoms with Crippen LogP contribution >= 0.6 is 11.3 Å². The number of rotatable bonds is 9. The Bertz CT molecular complexity index is 616. The number of amides is 2. The van der Waals surface area contributed by atoms with Crippen LogP contribution in [0.1, 0.15) is 30.6 Å². The smallest absolute Gasteiger partial charge is 0.319 e. The number of ether oxygens (including phenoxy) is 1. The Hall–Kier alpha value is -2.05. The van der Waals surface area contributed by atoms with E-state index in [1.54, 1.807) is 11.3 Å². The highest BCUT2D eigenvalue weighted by molar-refractivity contribution is 7.10. The molecule has 2 aromatic rings. The van der Waals surface area contributed by atoms with Crippen LogP contribution in [0.3, 0.4) is 0 Å². The lowest BCUT2D eigenvalue weighted by molar-refractivity contribution is 0.250. The van der Waals surface area contributed by atoms with Gasteiger partial charge in [0.25, 0.3) is 0 Å². The molecule has 0 fully saturated rings. The molecule has 0 aliphatic carbocycles. The number of benzene rings is 1. The van der Waals surface area contributed by atoms with Crippen molar-refractivity contribution in [2.45, 2.75) is 25.7 Å². The number of aliphatic hydroxyl groups excluding tert-OH is 1. The highest BCUT2D eigenvalue weighted by atomic mass is 32.1. The van der Waals surface area contributed by atoms with E-state index in [0.29, 0.717) is 31.0 Å². The number of aliphatic hydroxyl groups is 1. The molecular formula is C18H24N2O3S. The number of carbonyl (C=O) groups is 1. The third-order valence-electron chi connectivity index (χ3n) is 3.64. The second-order valence-corrected chi connectivity index (χ2v) is 6.30. The van der Waals surface area contributed by atoms with Crippen LogP contribution < -0.4 is 15.4 Å². The van der Waals surface area contributed by atoms with Crippen molar-refractivity contribution in [3.8, 4) is 5.75 Å². The van der Waals surface area contributed by atoms with Crippen LogP contribution in [0.25, 0.3) is 0 Å². The maximum absolute atomic E-state index is 12.1. The molecule has 0 bridgehead atoms. The predicted molar refractivity (Wildman–Crippen MR) is 98.0 cm³/mol. The monoisotopic (exact) mass is 348 g/mol. The number of hydrogen-bond donors (Lipinski definition) is 3. The zero-order valence-electron chi connectivity index (χ0n) is 13.8. The van der Waals surface area contributed by atoms with Crippen LogP contribution in [-0.4, -0.2) is 30.9 Å². The zero-order valence-corrected chi connectivity index (χ0v) is 14.6. The fourth-order valence-electron chi connectivity index (χ4n) is 2.49. The molecule has 0 aliphatic rings. The predicted octanol–water partition coefficient (Wildman–Crippen LogP) is 3.82. The minimum Gasteiger partial charge on any atom is -0.492 e. The van der Waals surface area contributed by atoms with Crippen LogP contribution in [0.15, 0.2) is 41.8 Å². The van der Waals surface area contributed by atoms with Gasteiger partial charge in [0.05, 0.1) is 12.3 Å². The Morgan fingerprint density at radius 1 is 1.25 bits per heavy atom. The van der Waals surface area contributed by atoms with Gasteiger partial charge in [0, 0.05) is 18.0 Å². The minimum atomic E-state index is -0.254. The zero-order chi connectivity index (χ0) is 17.2. The van der Waals surface area contributed by atoms with Crippen molar-refractivity contribution >= 4 is 23.1 Å². The number of para-hydroxylation sites is 2. The van der Waals surface area contributed by atoms with Crippen LogP contribution in [0.4, 0.5) is 10.5 Å². The van der Waals surface area contributed by atoms with E-state index in [2.05, 4.69) is 16.7 Å². The van der Waals surface area contributed by atoms with Gasteiger partial charge in [-0.3, -0.25) is 0 Å². The van der Waals surface area contributed by atoms with Gasteiger partial charge in [-0.05, 0) is 49.3 Å². The maximum Gasteiger partial charge on any atom is 0.319 e. The van der Waals surface area contributed by atoms with Crippen LogP contribution in [0.2, 0.25) is 0 Å². The molecule has 1 aromatic carbocycles. The van der Waals surface area contributed by atoms with E-state index in [-0.39, 0.29) is 18.6 Å². The molecule has 24 heavy (non-hydrogen) atoms. The van der Waals surface area contributed by atoms with E-state index in [4.69, 9.17) is 4.74 Å². The lowest BCUT2D eigenvalue weighted by Crippen LogP contribution is -2.30. The summed E-state index contributed by atoms with van der Waals surface area (Å²) in [5.74, 6) is 0.929. The largest absolute Gasteiger partial charge is 0.492 e. The Balaban J connectivity index is 1.82. The van der Waals surface area contributed by atoms with Crippen LogP contribution in [0, 0.1) is 0 Å². The van der Waals surface area contributed by atoms with E-state index in [9.17, 15) is 9.90 Å². The molecule has 3 N–H and O–H groups in total. The first-order valence-electron chi connectivity index (χ1n) is 8.15. The average Bonchev–Trinajstić information content (AvgIpc) is 3.10. The van der Waals surface area contributed by atoms with Crippen molar-refractivity contribution < 1.29 is 14.6 Å². The van der Waals surface area contributed by atoms with Gasteiger partial charge in [0.1, 0.15) is 5.75 Å². The summed E-state index contributed by atoms with van der Waals surface area (Å²) in [6.45, 7) is 3.15. The lowest BCUT2D eigenvalue weighted by Gasteiger charge is -2.15. The van der Waals surface area contributed by atoms with Crippen molar-refractivity contribution in [1.82, 2.24) is 5.32 Å². The Kier molecular flexibility index (Phi) is 7.58. The van der Waals surface area contributed by atoms with Gasteiger partial charge in [0.2, 0.25) is 0 Å². The van der Waals surface area contributed by atoms with Gasteiger partial charge in [-0.2, -0.15) is 0 Å². The van der Waals surface area contributed by atoms with Gasteiger partial charge in [-0.25, -0.2) is 4.79 Å². The molecule has 1 unspecified atom stereocenters. The molecule has 0 radical (unpaired) electrons. The Morgan fingerprint density at radius 2 is 2.08 bits per heavy atom. The van der Waals surface area contributed by atoms with E-state index in [1.807, 2.05) is 42.6 Å². The first kappa shape index (κ1) is 18.3. The summed E-state index contributed by atoms with van der Waals surface area (Å²) in [6.07, 6.45) is 1.50. The molecule has 0 spiro atoms. The topological polar surface area (TPSA) is 70.6 Å². The number of anilines is 1. The van der Waals surface area contributed by atoms with Crippen molar-refractivity contribution in [3.63, 3.8) is 0 Å². The highest BCUT2D eigenvalue weighted by Crippen LogP contribution is 2.27. The fraction of sp³-hybridized carbons (Fsp3) is 0.389. The van der Waals surface area contributed by atoms with Crippen molar-refractivity contribution in [2.75, 3.05) is 25.1 Å². The molecule has 130 valence electrons. The normalized spacial score (nSPS) is 11.8. The van der Waals surface area contributed by atoms with E-state index in [1.165, 1.54) is 4.88 Å². The number of thiophene rings is 1. The standard InChI is InChI=1S/C18H24N2O3S/c1-2-23-16-7-4-3-6-15(16)20-18(22)19-11-9-14(10-12-21)17-8-5-13-24-17/h3-8,13-14,21H,2,9-12H2,1H3,(H2,19,20,22). The quantitative estimate of drug-likeness (QED) is 0.645. The Morgan fingerprint density at radius 3 is 2.79 bits per heavy atom. The molecule has 2 rings (SSSR count). The first-order valence-corrected chi connectivity index (χ1v) is 9.03. The number of urea groups is 1. The summed E-state index contributed by atoms with van der Waals surface area (Å²) in [7, 11) is 0. The van der Waals surface area contributed by atoms with Gasteiger partial charge in [0.15, 0.2) is 0 Å². The van der Waals surface area contributed by atoms with E-state index in [0.717, 1.165) is 6.42 Å². The SMILES string of the molecule is CCOc1ccccc1NC(=O)NCCC(CCO)c1cccs1. The van der Waals surface area contributed by atoms with Crippen molar-refractivity contribution in [2.24, 2.45) is 0 Å².